The Labute approximate surface area is 223 Å². The van der Waals surface area contributed by atoms with E-state index in [2.05, 4.69) is 73.0 Å². The molecule has 196 valence electrons. The monoisotopic (exact) mass is 510 g/mol. The van der Waals surface area contributed by atoms with Gasteiger partial charge in [0.1, 0.15) is 18.4 Å². The minimum Gasteiger partial charge on any atom is -0.489 e. The second-order valence-corrected chi connectivity index (χ2v) is 10.3. The fourth-order valence-electron chi connectivity index (χ4n) is 5.76. The molecule has 5 rings (SSSR count). The van der Waals surface area contributed by atoms with Crippen molar-refractivity contribution in [2.24, 2.45) is 11.8 Å². The van der Waals surface area contributed by atoms with Gasteiger partial charge in [0.05, 0.1) is 0 Å². The number of benzene rings is 3. The van der Waals surface area contributed by atoms with Gasteiger partial charge in [0.2, 0.25) is 0 Å². The third-order valence-electron chi connectivity index (χ3n) is 7.76. The van der Waals surface area contributed by atoms with Gasteiger partial charge in [0.25, 0.3) is 5.91 Å². The largest absolute Gasteiger partial charge is 0.489 e. The van der Waals surface area contributed by atoms with Crippen LogP contribution < -0.4 is 15.4 Å². The average Bonchev–Trinajstić information content (AvgIpc) is 2.94. The molecule has 1 heterocycles. The van der Waals surface area contributed by atoms with Crippen LogP contribution in [0.3, 0.4) is 0 Å². The zero-order valence-electron chi connectivity index (χ0n) is 21.8. The van der Waals surface area contributed by atoms with Crippen LogP contribution in [0.15, 0.2) is 90.5 Å². The molecular formula is C32H34N2O4. The first-order valence-electron chi connectivity index (χ1n) is 13.3. The van der Waals surface area contributed by atoms with Crippen molar-refractivity contribution in [2.75, 3.05) is 13.1 Å². The van der Waals surface area contributed by atoms with E-state index in [1.54, 1.807) is 6.08 Å². The standard InChI is InChI=1S/C32H34N2O4/c1-20-14-15-23(32(37)34-19-31(35)36)16-28(20)29-17-24(38-30-13-6-5-11-27(29)30)18-33-21(2)25-12-7-9-22-8-3-4-10-26(22)25/h3-16,20-21,24,28-29,33H,17-19H2,1-2H3,(H,34,37)(H,35,36). The molecule has 1 aliphatic carbocycles. The van der Waals surface area contributed by atoms with Crippen LogP contribution in [-0.2, 0) is 9.59 Å². The van der Waals surface area contributed by atoms with Crippen molar-refractivity contribution in [1.82, 2.24) is 10.6 Å². The number of para-hydroxylation sites is 1. The minimum absolute atomic E-state index is 0.0249. The van der Waals surface area contributed by atoms with Crippen LogP contribution in [0, 0.1) is 11.8 Å². The second-order valence-electron chi connectivity index (χ2n) is 10.3. The molecule has 0 bridgehead atoms. The quantitative estimate of drug-likeness (QED) is 0.379. The third-order valence-corrected chi connectivity index (χ3v) is 7.76. The Morgan fingerprint density at radius 3 is 2.66 bits per heavy atom. The van der Waals surface area contributed by atoms with Crippen molar-refractivity contribution in [1.29, 1.82) is 0 Å². The molecule has 3 aromatic rings. The van der Waals surface area contributed by atoms with Crippen LogP contribution in [0.25, 0.3) is 10.8 Å². The molecule has 1 aliphatic heterocycles. The number of hydrogen-bond acceptors (Lipinski definition) is 4. The van der Waals surface area contributed by atoms with Crippen LogP contribution in [0.2, 0.25) is 0 Å². The molecule has 38 heavy (non-hydrogen) atoms. The van der Waals surface area contributed by atoms with Gasteiger partial charge in [0.15, 0.2) is 0 Å². The lowest BCUT2D eigenvalue weighted by Crippen LogP contribution is -2.39. The SMILES string of the molecule is CC(NCC1CC(C2C=C(C(=O)NCC(=O)O)C=CC2C)c2ccccc2O1)c1cccc2ccccc12. The highest BCUT2D eigenvalue weighted by Gasteiger charge is 2.36. The smallest absolute Gasteiger partial charge is 0.322 e. The maximum absolute atomic E-state index is 12.6. The summed E-state index contributed by atoms with van der Waals surface area (Å²) in [5.74, 6) is -0.0423. The van der Waals surface area contributed by atoms with E-state index in [0.717, 1.165) is 17.7 Å². The van der Waals surface area contributed by atoms with Crippen molar-refractivity contribution in [3.63, 3.8) is 0 Å². The summed E-state index contributed by atoms with van der Waals surface area (Å²) in [5.41, 5.74) is 2.93. The second kappa shape index (κ2) is 11.2. The van der Waals surface area contributed by atoms with Crippen LogP contribution in [0.1, 0.15) is 43.4 Å². The lowest BCUT2D eigenvalue weighted by molar-refractivity contribution is -0.137. The predicted molar refractivity (Wildman–Crippen MR) is 149 cm³/mol. The Hall–Kier alpha value is -3.90. The number of ether oxygens (including phenoxy) is 1. The Bertz CT molecular complexity index is 1390. The van der Waals surface area contributed by atoms with E-state index in [1.807, 2.05) is 30.4 Å². The number of carbonyl (C=O) groups is 2. The maximum Gasteiger partial charge on any atom is 0.322 e. The van der Waals surface area contributed by atoms with Crippen LogP contribution in [-0.4, -0.2) is 36.2 Å². The fraction of sp³-hybridized carbons (Fsp3) is 0.312. The molecular weight excluding hydrogens is 476 g/mol. The number of hydrogen-bond donors (Lipinski definition) is 3. The van der Waals surface area contributed by atoms with Gasteiger partial charge in [-0.05, 0) is 59.1 Å². The van der Waals surface area contributed by atoms with Gasteiger partial charge in [-0.3, -0.25) is 9.59 Å². The molecule has 0 fully saturated rings. The molecule has 0 radical (unpaired) electrons. The Morgan fingerprint density at radius 1 is 1.05 bits per heavy atom. The van der Waals surface area contributed by atoms with E-state index in [9.17, 15) is 9.59 Å². The van der Waals surface area contributed by atoms with Crippen LogP contribution in [0.4, 0.5) is 0 Å². The molecule has 0 aromatic heterocycles. The summed E-state index contributed by atoms with van der Waals surface area (Å²) in [6.45, 7) is 4.65. The van der Waals surface area contributed by atoms with E-state index in [0.29, 0.717) is 12.1 Å². The number of aliphatic carboxylic acids is 1. The Morgan fingerprint density at radius 2 is 1.82 bits per heavy atom. The molecule has 6 heteroatoms. The van der Waals surface area contributed by atoms with Crippen LogP contribution >= 0.6 is 0 Å². The molecule has 0 saturated heterocycles. The number of allylic oxidation sites excluding steroid dienone is 2. The van der Waals surface area contributed by atoms with Crippen molar-refractivity contribution in [3.05, 3.63) is 102 Å². The summed E-state index contributed by atoms with van der Waals surface area (Å²) in [7, 11) is 0. The number of carboxylic acid groups (broad SMARTS) is 1. The Balaban J connectivity index is 1.34. The van der Waals surface area contributed by atoms with Gasteiger partial charge >= 0.3 is 5.97 Å². The number of carbonyl (C=O) groups excluding carboxylic acids is 1. The fourth-order valence-corrected chi connectivity index (χ4v) is 5.76. The van der Waals surface area contributed by atoms with Crippen molar-refractivity contribution >= 4 is 22.6 Å². The van der Waals surface area contributed by atoms with Gasteiger partial charge in [0, 0.05) is 18.2 Å². The first-order chi connectivity index (χ1) is 18.4. The molecule has 1 amide bonds. The first kappa shape index (κ1) is 25.7. The zero-order chi connectivity index (χ0) is 26.6. The van der Waals surface area contributed by atoms with E-state index in [4.69, 9.17) is 9.84 Å². The number of amides is 1. The number of fused-ring (bicyclic) bond motifs is 2. The summed E-state index contributed by atoms with van der Waals surface area (Å²) in [5, 5.41) is 17.6. The lowest BCUT2D eigenvalue weighted by atomic mass is 9.72. The van der Waals surface area contributed by atoms with Gasteiger partial charge in [-0.2, -0.15) is 0 Å². The maximum atomic E-state index is 12.6. The molecule has 5 atom stereocenters. The molecule has 0 saturated carbocycles. The first-order valence-corrected chi connectivity index (χ1v) is 13.3. The van der Waals surface area contributed by atoms with E-state index >= 15 is 0 Å². The minimum atomic E-state index is -1.06. The molecule has 5 unspecified atom stereocenters. The topological polar surface area (TPSA) is 87.7 Å². The van der Waals surface area contributed by atoms with Gasteiger partial charge in [-0.15, -0.1) is 0 Å². The summed E-state index contributed by atoms with van der Waals surface area (Å²) in [6.07, 6.45) is 6.65. The number of nitrogens with one attached hydrogen (secondary N) is 2. The van der Waals surface area contributed by atoms with E-state index in [1.165, 1.54) is 16.3 Å². The molecule has 2 aliphatic rings. The summed E-state index contributed by atoms with van der Waals surface area (Å²) in [4.78, 5) is 23.5. The average molecular weight is 511 g/mol. The third kappa shape index (κ3) is 5.50. The zero-order valence-corrected chi connectivity index (χ0v) is 21.8. The predicted octanol–water partition coefficient (Wildman–Crippen LogP) is 5.37. The molecule has 3 aromatic carbocycles. The lowest BCUT2D eigenvalue weighted by Gasteiger charge is -2.39. The summed E-state index contributed by atoms with van der Waals surface area (Å²) >= 11 is 0. The Kier molecular flexibility index (Phi) is 7.61. The van der Waals surface area contributed by atoms with Gasteiger partial charge in [-0.1, -0.05) is 85.8 Å². The van der Waals surface area contributed by atoms with E-state index < -0.39 is 12.5 Å². The summed E-state index contributed by atoms with van der Waals surface area (Å²) in [6, 6.07) is 23.2. The van der Waals surface area contributed by atoms with Crippen molar-refractivity contribution < 1.29 is 19.4 Å². The number of carboxylic acids is 1. The van der Waals surface area contributed by atoms with Crippen molar-refractivity contribution in [2.45, 2.75) is 38.3 Å². The molecule has 0 spiro atoms. The van der Waals surface area contributed by atoms with Gasteiger partial charge in [-0.25, -0.2) is 0 Å². The van der Waals surface area contributed by atoms with Gasteiger partial charge < -0.3 is 20.5 Å². The summed E-state index contributed by atoms with van der Waals surface area (Å²) < 4.78 is 6.46. The number of rotatable bonds is 8. The highest BCUT2D eigenvalue weighted by molar-refractivity contribution is 5.97. The van der Waals surface area contributed by atoms with E-state index in [-0.39, 0.29) is 35.8 Å². The molecule has 3 N–H and O–H groups in total. The molecule has 6 nitrogen and oxygen atoms in total. The van der Waals surface area contributed by atoms with Crippen LogP contribution in [0.5, 0.6) is 5.75 Å². The highest BCUT2D eigenvalue weighted by Crippen LogP contribution is 2.45. The normalized spacial score (nSPS) is 23.2. The highest BCUT2D eigenvalue weighted by atomic mass is 16.5. The van der Waals surface area contributed by atoms with Crippen molar-refractivity contribution in [3.8, 4) is 5.75 Å².